The first-order valence-electron chi connectivity index (χ1n) is 34.9. The van der Waals surface area contributed by atoms with Crippen molar-refractivity contribution in [1.82, 2.24) is 0 Å². The number of hydrogen-bond donors (Lipinski definition) is 0. The molecule has 0 aliphatic rings. The van der Waals surface area contributed by atoms with Gasteiger partial charge in [0.1, 0.15) is 23.3 Å². The highest BCUT2D eigenvalue weighted by molar-refractivity contribution is 6.55. The van der Waals surface area contributed by atoms with Crippen LogP contribution in [0.3, 0.4) is 0 Å². The quantitative estimate of drug-likeness (QED) is 0.0797. The second kappa shape index (κ2) is 54.3. The molecule has 0 aliphatic carbocycles. The summed E-state index contributed by atoms with van der Waals surface area (Å²) in [6.07, 6.45) is 6.58. The topological polar surface area (TPSA) is 0 Å². The number of benzene rings is 7. The number of unbranched alkanes of at least 4 members (excludes halogenated alkanes) is 1. The molecule has 0 amide bonds. The maximum Gasteiger partial charge on any atom is 0.158 e. The van der Waals surface area contributed by atoms with Crippen LogP contribution in [0.4, 0.5) is 26.3 Å². The van der Waals surface area contributed by atoms with Crippen LogP contribution in [0, 0.1) is 89.3 Å². The minimum Gasteiger partial charge on any atom is -0.214 e. The van der Waals surface area contributed by atoms with Gasteiger partial charge in [0, 0.05) is 10.0 Å². The van der Waals surface area contributed by atoms with E-state index in [0.29, 0.717) is 0 Å². The molecule has 1 atom stereocenters. The van der Waals surface area contributed by atoms with Crippen LogP contribution in [-0.4, -0.2) is 51.0 Å². The normalized spacial score (nSPS) is 9.85. The lowest BCUT2D eigenvalue weighted by atomic mass is 9.61. The van der Waals surface area contributed by atoms with Crippen molar-refractivity contribution in [3.8, 4) is 0 Å². The second-order valence-corrected chi connectivity index (χ2v) is 22.8. The second-order valence-electron chi connectivity index (χ2n) is 21.9. The molecule has 0 spiro atoms. The molecule has 0 saturated carbocycles. The molecule has 7 rings (SSSR count). The van der Waals surface area contributed by atoms with E-state index in [1.165, 1.54) is 128 Å². The Labute approximate surface area is 537 Å². The van der Waals surface area contributed by atoms with Gasteiger partial charge in [0.05, 0.1) is 0 Å². The van der Waals surface area contributed by atoms with E-state index >= 15 is 0 Å². The largest absolute Gasteiger partial charge is 0.214 e. The standard InChI is InChI=1S/C15H25BF.2C8H11BCl.C8H10BF2.3C8H11BF.4C2H6/c1-4-6-7-13(5-2)11-16-15-10-14(17)9-8-12(15)3;1-6-5-7(10)3-4-8(6)9-2;1-6-3-4-7(10)5-8(6)9-2;1-5-3-7(10)8(11)4-6(5)9-2;3*1-6-3-4-7(10)5-8(6)9-2;4*1-2/h8-10,13H,4-7,11,16H2,1-3H3;2*3-5H,9H2,1-2H3;3-4H,9H2,1-2H3;3*3-5H,9H2,1-2H3;4*1-2H3/q7*-1;;;;. The van der Waals surface area contributed by atoms with Crippen molar-refractivity contribution in [2.75, 3.05) is 0 Å². The molecule has 0 nitrogen and oxygen atoms in total. The average Bonchev–Trinajstić information content (AvgIpc) is 3.57. The summed E-state index contributed by atoms with van der Waals surface area (Å²) in [5.74, 6) is -1.00. The van der Waals surface area contributed by atoms with Gasteiger partial charge in [0.2, 0.25) is 0 Å². The Balaban J connectivity index is -0.000000450. The third kappa shape index (κ3) is 38.4. The van der Waals surface area contributed by atoms with Gasteiger partial charge in [-0.1, -0.05) is 236 Å². The van der Waals surface area contributed by atoms with Crippen molar-refractivity contribution in [2.45, 2.75) is 191 Å². The molecule has 0 heterocycles. The minimum absolute atomic E-state index is 0.0670. The van der Waals surface area contributed by atoms with E-state index < -0.39 is 11.6 Å². The Hall–Kier alpha value is -4.85. The lowest BCUT2D eigenvalue weighted by Gasteiger charge is -2.19. The van der Waals surface area contributed by atoms with Crippen LogP contribution < -0.4 is 38.2 Å². The number of aryl methyl sites for hydroxylation is 7. The van der Waals surface area contributed by atoms with Crippen LogP contribution in [0.2, 0.25) is 57.3 Å². The molecule has 0 saturated heterocycles. The zero-order valence-electron chi connectivity index (χ0n) is 59.7. The lowest BCUT2D eigenvalue weighted by Crippen LogP contribution is -2.20. The van der Waals surface area contributed by atoms with Crippen molar-refractivity contribution in [1.29, 1.82) is 0 Å². The molecular weight excluding hydrogens is 1110 g/mol. The molecule has 0 bridgehead atoms. The number of halogens is 8. The van der Waals surface area contributed by atoms with Crippen LogP contribution >= 0.6 is 23.2 Å². The van der Waals surface area contributed by atoms with Gasteiger partial charge in [-0.2, -0.15) is 47.3 Å². The molecule has 1 unspecified atom stereocenters. The van der Waals surface area contributed by atoms with Crippen LogP contribution in [0.15, 0.2) is 121 Å². The fraction of sp³-hybridized carbons (Fsp3) is 0.408. The Morgan fingerprint density at radius 3 is 0.953 bits per heavy atom. The van der Waals surface area contributed by atoms with E-state index in [-0.39, 0.29) is 74.2 Å². The molecular formula is C71H114B7Cl2F6-7. The summed E-state index contributed by atoms with van der Waals surface area (Å²) >= 11 is 11.6. The first kappa shape index (κ1) is 87.6. The van der Waals surface area contributed by atoms with Gasteiger partial charge in [0.25, 0.3) is 0 Å². The Kier molecular flexibility index (Phi) is 55.3. The molecule has 482 valence electrons. The summed E-state index contributed by atoms with van der Waals surface area (Å²) in [6, 6.07) is 35.1. The van der Waals surface area contributed by atoms with Crippen molar-refractivity contribution >= 4 is 112 Å². The zero-order chi connectivity index (χ0) is 66.9. The maximum atomic E-state index is 13.2. The van der Waals surface area contributed by atoms with E-state index in [4.69, 9.17) is 23.2 Å². The van der Waals surface area contributed by atoms with Crippen LogP contribution in [0.5, 0.6) is 0 Å². The first-order chi connectivity index (χ1) is 41.0. The summed E-state index contributed by atoms with van der Waals surface area (Å²) in [7, 11) is -0.528. The predicted molar refractivity (Wildman–Crippen MR) is 404 cm³/mol. The van der Waals surface area contributed by atoms with E-state index in [2.05, 4.69) is 86.9 Å². The van der Waals surface area contributed by atoms with E-state index in [1.807, 2.05) is 132 Å². The molecule has 0 N–H and O–H groups in total. The van der Waals surface area contributed by atoms with Gasteiger partial charge < -0.3 is 0 Å². The minimum atomic E-state index is -0.744. The summed E-state index contributed by atoms with van der Waals surface area (Å²) in [4.78, 5) is 0. The van der Waals surface area contributed by atoms with Crippen molar-refractivity contribution in [2.24, 2.45) is 5.92 Å². The predicted octanol–water partition coefficient (Wildman–Crippen LogP) is 14.7. The number of hydrogen-bond acceptors (Lipinski definition) is 0. The lowest BCUT2D eigenvalue weighted by molar-refractivity contribution is 0.491. The highest BCUT2D eigenvalue weighted by Crippen LogP contribution is 2.17. The molecule has 86 heavy (non-hydrogen) atoms. The molecule has 7 aromatic carbocycles. The summed E-state index contributed by atoms with van der Waals surface area (Å²) in [5, 5.41) is 1.72. The molecule has 7 aromatic rings. The zero-order valence-corrected chi connectivity index (χ0v) is 61.2. The molecule has 0 fully saturated rings. The van der Waals surface area contributed by atoms with Gasteiger partial charge in [-0.05, 0) is 148 Å². The van der Waals surface area contributed by atoms with Gasteiger partial charge in [-0.25, -0.2) is 64.6 Å². The highest BCUT2D eigenvalue weighted by Gasteiger charge is 2.05. The van der Waals surface area contributed by atoms with Gasteiger partial charge in [0.15, 0.2) is 11.6 Å². The third-order valence-electron chi connectivity index (χ3n) is 16.3. The van der Waals surface area contributed by atoms with Crippen molar-refractivity contribution in [3.05, 3.63) is 205 Å². The van der Waals surface area contributed by atoms with Crippen molar-refractivity contribution in [3.63, 3.8) is 0 Å². The smallest absolute Gasteiger partial charge is 0.158 e. The number of rotatable bonds is 13. The summed E-state index contributed by atoms with van der Waals surface area (Å²) in [6.45, 7) is 47.8. The average molecular weight is 1230 g/mol. The van der Waals surface area contributed by atoms with E-state index in [0.717, 1.165) is 27.0 Å². The summed E-state index contributed by atoms with van der Waals surface area (Å²) in [5.41, 5.74) is 17.5. The highest BCUT2D eigenvalue weighted by atomic mass is 35.5. The van der Waals surface area contributed by atoms with Crippen LogP contribution in [0.25, 0.3) is 0 Å². The monoisotopic (exact) mass is 1230 g/mol. The Morgan fingerprint density at radius 2 is 0.628 bits per heavy atom. The molecule has 15 heteroatoms. The first-order valence-corrected chi connectivity index (χ1v) is 35.7. The summed E-state index contributed by atoms with van der Waals surface area (Å²) < 4.78 is 76.0. The molecule has 0 aromatic heterocycles. The fourth-order valence-electron chi connectivity index (χ4n) is 10.3. The molecule has 0 radical (unpaired) electrons. The SMILES string of the molecule is CC.CC.CC.CC.CCCCC(CC)C[BH2-]c1cc(F)ccc1C.C[BH2-]c1cc(Cl)ccc1C.C[BH2-]c1cc(F)c(F)cc1C.C[BH2-]c1cc(F)ccc1C.C[BH2-]c1cc(F)ccc1C.C[BH2-]c1cc(F)ccc1C.C[BH2-]c1ccc(Cl)cc1C. The van der Waals surface area contributed by atoms with Gasteiger partial charge in [-0.3, -0.25) is 0 Å². The van der Waals surface area contributed by atoms with Crippen molar-refractivity contribution < 1.29 is 26.3 Å². The molecule has 0 aliphatic heterocycles. The Bertz CT molecular complexity index is 2650. The Morgan fingerprint density at radius 1 is 0.337 bits per heavy atom. The van der Waals surface area contributed by atoms with E-state index in [9.17, 15) is 26.3 Å². The maximum absolute atomic E-state index is 13.2. The fourth-order valence-corrected chi connectivity index (χ4v) is 10.8. The third-order valence-corrected chi connectivity index (χ3v) is 16.8. The van der Waals surface area contributed by atoms with Gasteiger partial charge >= 0.3 is 0 Å². The van der Waals surface area contributed by atoms with Crippen LogP contribution in [-0.2, 0) is 0 Å². The van der Waals surface area contributed by atoms with E-state index in [1.54, 1.807) is 30.3 Å². The van der Waals surface area contributed by atoms with Crippen LogP contribution in [0.1, 0.15) is 134 Å². The van der Waals surface area contributed by atoms with Gasteiger partial charge in [-0.15, -0.1) is 0 Å².